The summed E-state index contributed by atoms with van der Waals surface area (Å²) < 4.78 is 43.6. The Morgan fingerprint density at radius 3 is 2.14 bits per heavy atom. The number of halogens is 3. The van der Waals surface area contributed by atoms with E-state index in [1.54, 1.807) is 32.9 Å². The van der Waals surface area contributed by atoms with Crippen molar-refractivity contribution in [2.45, 2.75) is 58.4 Å². The van der Waals surface area contributed by atoms with Gasteiger partial charge in [-0.2, -0.15) is 13.2 Å². The Hall–Kier alpha value is -1.72. The molecule has 1 rings (SSSR count). The molecule has 0 aliphatic heterocycles. The van der Waals surface area contributed by atoms with E-state index < -0.39 is 23.8 Å². The average molecular weight is 317 g/mol. The van der Waals surface area contributed by atoms with Crippen molar-refractivity contribution >= 4 is 6.09 Å². The van der Waals surface area contributed by atoms with Crippen molar-refractivity contribution in [2.24, 2.45) is 0 Å². The first kappa shape index (κ1) is 18.3. The van der Waals surface area contributed by atoms with Gasteiger partial charge < -0.3 is 10.1 Å². The molecule has 0 aromatic heterocycles. The number of carbonyl (C=O) groups excluding carboxylic acids is 1. The van der Waals surface area contributed by atoms with Crippen molar-refractivity contribution in [2.75, 3.05) is 0 Å². The summed E-state index contributed by atoms with van der Waals surface area (Å²) >= 11 is 0. The molecule has 1 atom stereocenters. The van der Waals surface area contributed by atoms with Crippen LogP contribution in [0.4, 0.5) is 18.0 Å². The zero-order chi connectivity index (χ0) is 17.0. The lowest BCUT2D eigenvalue weighted by Gasteiger charge is -2.20. The molecule has 1 amide bonds. The predicted molar refractivity (Wildman–Crippen MR) is 78.6 cm³/mol. The lowest BCUT2D eigenvalue weighted by molar-refractivity contribution is -0.151. The highest BCUT2D eigenvalue weighted by atomic mass is 19.4. The second kappa shape index (κ2) is 7.03. The molecule has 6 heteroatoms. The molecule has 124 valence electrons. The van der Waals surface area contributed by atoms with E-state index in [1.165, 1.54) is 19.1 Å². The van der Waals surface area contributed by atoms with E-state index >= 15 is 0 Å². The summed E-state index contributed by atoms with van der Waals surface area (Å²) in [7, 11) is 0. The Balaban J connectivity index is 2.64. The van der Waals surface area contributed by atoms with Gasteiger partial charge in [-0.05, 0) is 38.3 Å². The van der Waals surface area contributed by atoms with Crippen LogP contribution in [-0.2, 0) is 11.3 Å². The van der Waals surface area contributed by atoms with Crippen LogP contribution in [0.2, 0.25) is 0 Å². The largest absolute Gasteiger partial charge is 0.444 e. The average Bonchev–Trinajstić information content (AvgIpc) is 2.35. The Bertz CT molecular complexity index is 490. The van der Waals surface area contributed by atoms with E-state index in [0.29, 0.717) is 5.56 Å². The highest BCUT2D eigenvalue weighted by Gasteiger charge is 2.39. The standard InChI is InChI=1S/C16H22F3NO2/c1-5-13(16(17,18)19)12-8-6-11(7-9-12)10-20-14(21)22-15(2,3)4/h6-9,13H,5,10H2,1-4H3,(H,20,21). The van der Waals surface area contributed by atoms with Gasteiger partial charge in [0.2, 0.25) is 0 Å². The van der Waals surface area contributed by atoms with Gasteiger partial charge in [0, 0.05) is 6.54 Å². The third-order valence-corrected chi connectivity index (χ3v) is 3.02. The van der Waals surface area contributed by atoms with E-state index in [-0.39, 0.29) is 18.5 Å². The monoisotopic (exact) mass is 317 g/mol. The molecule has 0 spiro atoms. The van der Waals surface area contributed by atoms with Gasteiger partial charge in [0.1, 0.15) is 5.60 Å². The van der Waals surface area contributed by atoms with Crippen LogP contribution >= 0.6 is 0 Å². The van der Waals surface area contributed by atoms with Crippen LogP contribution in [0.1, 0.15) is 51.2 Å². The number of alkyl halides is 3. The van der Waals surface area contributed by atoms with Gasteiger partial charge in [0.05, 0.1) is 5.92 Å². The first-order chi connectivity index (χ1) is 10.0. The number of nitrogens with one attached hydrogen (secondary N) is 1. The van der Waals surface area contributed by atoms with Gasteiger partial charge in [-0.3, -0.25) is 0 Å². The van der Waals surface area contributed by atoms with Gasteiger partial charge in [0.25, 0.3) is 0 Å². The lowest BCUT2D eigenvalue weighted by atomic mass is 9.95. The molecule has 0 bridgehead atoms. The summed E-state index contributed by atoms with van der Waals surface area (Å²) in [5.41, 5.74) is 0.359. The first-order valence-corrected chi connectivity index (χ1v) is 7.15. The summed E-state index contributed by atoms with van der Waals surface area (Å²) in [6.07, 6.45) is -4.80. The molecule has 0 aliphatic rings. The van der Waals surface area contributed by atoms with Crippen molar-refractivity contribution in [3.8, 4) is 0 Å². The Labute approximate surface area is 128 Å². The smallest absolute Gasteiger partial charge is 0.407 e. The van der Waals surface area contributed by atoms with Crippen molar-refractivity contribution in [1.29, 1.82) is 0 Å². The highest BCUT2D eigenvalue weighted by molar-refractivity contribution is 5.67. The Morgan fingerprint density at radius 1 is 1.18 bits per heavy atom. The third-order valence-electron chi connectivity index (χ3n) is 3.02. The molecule has 1 aromatic carbocycles. The molecule has 0 fully saturated rings. The van der Waals surface area contributed by atoms with E-state index in [4.69, 9.17) is 4.74 Å². The summed E-state index contributed by atoms with van der Waals surface area (Å²) in [6.45, 7) is 6.98. The van der Waals surface area contributed by atoms with E-state index in [1.807, 2.05) is 0 Å². The fourth-order valence-corrected chi connectivity index (χ4v) is 2.01. The number of ether oxygens (including phenoxy) is 1. The molecule has 0 saturated heterocycles. The third kappa shape index (κ3) is 5.95. The van der Waals surface area contributed by atoms with E-state index in [2.05, 4.69) is 5.32 Å². The maximum Gasteiger partial charge on any atom is 0.407 e. The highest BCUT2D eigenvalue weighted by Crippen LogP contribution is 2.37. The molecule has 1 N–H and O–H groups in total. The Kier molecular flexibility index (Phi) is 5.85. The number of benzene rings is 1. The minimum Gasteiger partial charge on any atom is -0.444 e. The maximum atomic E-state index is 12.8. The summed E-state index contributed by atoms with van der Waals surface area (Å²) in [4.78, 5) is 11.5. The van der Waals surface area contributed by atoms with Crippen molar-refractivity contribution < 1.29 is 22.7 Å². The number of amides is 1. The number of hydrogen-bond acceptors (Lipinski definition) is 2. The predicted octanol–water partition coefficient (Wildman–Crippen LogP) is 4.77. The van der Waals surface area contributed by atoms with Crippen molar-refractivity contribution in [3.05, 3.63) is 35.4 Å². The molecule has 3 nitrogen and oxygen atoms in total. The fraction of sp³-hybridized carbons (Fsp3) is 0.562. The summed E-state index contributed by atoms with van der Waals surface area (Å²) in [5, 5.41) is 2.57. The van der Waals surface area contributed by atoms with Gasteiger partial charge in [-0.15, -0.1) is 0 Å². The molecule has 0 heterocycles. The molecule has 0 aliphatic carbocycles. The van der Waals surface area contributed by atoms with Gasteiger partial charge in [-0.1, -0.05) is 31.2 Å². The zero-order valence-corrected chi connectivity index (χ0v) is 13.3. The van der Waals surface area contributed by atoms with E-state index in [9.17, 15) is 18.0 Å². The first-order valence-electron chi connectivity index (χ1n) is 7.15. The normalized spacial score (nSPS) is 13.6. The molecule has 0 radical (unpaired) electrons. The van der Waals surface area contributed by atoms with Crippen LogP contribution in [0.5, 0.6) is 0 Å². The minimum absolute atomic E-state index is 0.000987. The second-order valence-electron chi connectivity index (χ2n) is 6.10. The lowest BCUT2D eigenvalue weighted by Crippen LogP contribution is -2.32. The van der Waals surface area contributed by atoms with Crippen molar-refractivity contribution in [1.82, 2.24) is 5.32 Å². The van der Waals surface area contributed by atoms with Crippen LogP contribution in [-0.4, -0.2) is 17.9 Å². The maximum absolute atomic E-state index is 12.8. The van der Waals surface area contributed by atoms with Crippen LogP contribution in [0.3, 0.4) is 0 Å². The van der Waals surface area contributed by atoms with Gasteiger partial charge in [0.15, 0.2) is 0 Å². The van der Waals surface area contributed by atoms with Crippen molar-refractivity contribution in [3.63, 3.8) is 0 Å². The minimum atomic E-state index is -4.25. The van der Waals surface area contributed by atoms with Crippen LogP contribution in [0, 0.1) is 0 Å². The number of hydrogen-bond donors (Lipinski definition) is 1. The Morgan fingerprint density at radius 2 is 1.73 bits per heavy atom. The van der Waals surface area contributed by atoms with E-state index in [0.717, 1.165) is 0 Å². The van der Waals surface area contributed by atoms with Crippen LogP contribution < -0.4 is 5.32 Å². The molecular formula is C16H22F3NO2. The number of rotatable bonds is 4. The molecule has 22 heavy (non-hydrogen) atoms. The topological polar surface area (TPSA) is 38.3 Å². The molecular weight excluding hydrogens is 295 g/mol. The number of alkyl carbamates (subject to hydrolysis) is 1. The quantitative estimate of drug-likeness (QED) is 0.869. The van der Waals surface area contributed by atoms with Crippen LogP contribution in [0.15, 0.2) is 24.3 Å². The molecule has 1 unspecified atom stereocenters. The summed E-state index contributed by atoms with van der Waals surface area (Å²) in [5.74, 6) is -1.46. The fourth-order valence-electron chi connectivity index (χ4n) is 2.01. The van der Waals surface area contributed by atoms with Gasteiger partial charge in [-0.25, -0.2) is 4.79 Å². The molecule has 1 aromatic rings. The van der Waals surface area contributed by atoms with Crippen LogP contribution in [0.25, 0.3) is 0 Å². The molecule has 0 saturated carbocycles. The zero-order valence-electron chi connectivity index (χ0n) is 13.3. The number of carbonyl (C=O) groups is 1. The van der Waals surface area contributed by atoms with Gasteiger partial charge >= 0.3 is 12.3 Å². The second-order valence-corrected chi connectivity index (χ2v) is 6.10. The SMILES string of the molecule is CCC(c1ccc(CNC(=O)OC(C)(C)C)cc1)C(F)(F)F. The summed E-state index contributed by atoms with van der Waals surface area (Å²) in [6, 6.07) is 6.07.